The summed E-state index contributed by atoms with van der Waals surface area (Å²) in [5.41, 5.74) is 2.27. The van der Waals surface area contributed by atoms with Gasteiger partial charge in [-0.1, -0.05) is 44.5 Å². The number of sulfonamides is 1. The number of hydrogen-bond acceptors (Lipinski definition) is 4. The van der Waals surface area contributed by atoms with Crippen LogP contribution in [0.2, 0.25) is 5.02 Å². The van der Waals surface area contributed by atoms with Crippen LogP contribution in [0.3, 0.4) is 0 Å². The molecule has 3 aromatic rings. The van der Waals surface area contributed by atoms with Crippen molar-refractivity contribution in [1.82, 2.24) is 13.7 Å². The number of hydrogen-bond donors (Lipinski definition) is 0. The molecule has 0 saturated carbocycles. The lowest BCUT2D eigenvalue weighted by Crippen LogP contribution is -2.40. The number of nitrogens with zero attached hydrogens (tertiary/aromatic N) is 3. The lowest BCUT2D eigenvalue weighted by Gasteiger charge is -2.27. The van der Waals surface area contributed by atoms with E-state index in [9.17, 15) is 13.2 Å². The first-order valence-corrected chi connectivity index (χ1v) is 11.2. The fourth-order valence-corrected chi connectivity index (χ4v) is 5.10. The Bertz CT molecular complexity index is 1260. The SMILES string of the molecule is CC(C)(C)c1ccc(S(=O)(=O)N2CCc3nc4ccc(Cl)cn4c(=O)c3C2)cc1. The first kappa shape index (κ1) is 20.1. The zero-order valence-corrected chi connectivity index (χ0v) is 18.1. The highest BCUT2D eigenvalue weighted by atomic mass is 35.5. The normalized spacial score (nSPS) is 15.4. The molecule has 4 rings (SSSR count). The van der Waals surface area contributed by atoms with Gasteiger partial charge in [-0.15, -0.1) is 0 Å². The number of pyridine rings is 1. The summed E-state index contributed by atoms with van der Waals surface area (Å²) in [5, 5.41) is 0.417. The molecule has 3 heterocycles. The molecule has 152 valence electrons. The summed E-state index contributed by atoms with van der Waals surface area (Å²) in [4.78, 5) is 17.7. The van der Waals surface area contributed by atoms with E-state index in [-0.39, 0.29) is 29.0 Å². The smallest absolute Gasteiger partial charge is 0.262 e. The minimum atomic E-state index is -3.71. The fourth-order valence-electron chi connectivity index (χ4n) is 3.53. The van der Waals surface area contributed by atoms with E-state index in [1.807, 2.05) is 12.1 Å². The predicted molar refractivity (Wildman–Crippen MR) is 113 cm³/mol. The molecule has 0 atom stereocenters. The van der Waals surface area contributed by atoms with E-state index in [0.717, 1.165) is 5.56 Å². The van der Waals surface area contributed by atoms with Gasteiger partial charge in [0.05, 0.1) is 21.2 Å². The first-order chi connectivity index (χ1) is 13.6. The van der Waals surface area contributed by atoms with Crippen LogP contribution in [0.5, 0.6) is 0 Å². The van der Waals surface area contributed by atoms with Gasteiger partial charge in [-0.2, -0.15) is 4.31 Å². The molecule has 0 amide bonds. The maximum Gasteiger partial charge on any atom is 0.262 e. The van der Waals surface area contributed by atoms with E-state index < -0.39 is 10.0 Å². The highest BCUT2D eigenvalue weighted by Crippen LogP contribution is 2.27. The number of fused-ring (bicyclic) bond motifs is 2. The van der Waals surface area contributed by atoms with Crippen LogP contribution < -0.4 is 5.56 Å². The van der Waals surface area contributed by atoms with Crippen molar-refractivity contribution in [3.63, 3.8) is 0 Å². The second-order valence-electron chi connectivity index (χ2n) is 8.28. The number of rotatable bonds is 2. The molecule has 0 saturated heterocycles. The molecule has 1 aliphatic rings. The molecule has 2 aromatic heterocycles. The van der Waals surface area contributed by atoms with Gasteiger partial charge in [0.2, 0.25) is 10.0 Å². The zero-order chi connectivity index (χ0) is 21.0. The van der Waals surface area contributed by atoms with Crippen LogP contribution in [0, 0.1) is 0 Å². The van der Waals surface area contributed by atoms with Gasteiger partial charge >= 0.3 is 0 Å². The lowest BCUT2D eigenvalue weighted by atomic mass is 9.87. The third kappa shape index (κ3) is 3.58. The zero-order valence-electron chi connectivity index (χ0n) is 16.5. The van der Waals surface area contributed by atoms with Gasteiger partial charge in [-0.3, -0.25) is 9.20 Å². The summed E-state index contributed by atoms with van der Waals surface area (Å²) in [5.74, 6) is 0. The molecule has 0 fully saturated rings. The molecular weight excluding hydrogens is 410 g/mol. The second kappa shape index (κ2) is 6.93. The Kier molecular flexibility index (Phi) is 4.80. The van der Waals surface area contributed by atoms with E-state index >= 15 is 0 Å². The minimum absolute atomic E-state index is 0.0000242. The van der Waals surface area contributed by atoms with E-state index in [2.05, 4.69) is 25.8 Å². The molecule has 8 heteroatoms. The Balaban J connectivity index is 1.71. The van der Waals surface area contributed by atoms with Crippen LogP contribution in [0.4, 0.5) is 0 Å². The van der Waals surface area contributed by atoms with Crippen molar-refractivity contribution in [2.24, 2.45) is 0 Å². The van der Waals surface area contributed by atoms with Gasteiger partial charge in [-0.05, 0) is 35.2 Å². The molecule has 0 N–H and O–H groups in total. The third-order valence-electron chi connectivity index (χ3n) is 5.26. The van der Waals surface area contributed by atoms with Crippen molar-refractivity contribution < 1.29 is 8.42 Å². The number of aromatic nitrogens is 2. The van der Waals surface area contributed by atoms with E-state index in [1.54, 1.807) is 24.3 Å². The lowest BCUT2D eigenvalue weighted by molar-refractivity contribution is 0.385. The summed E-state index contributed by atoms with van der Waals surface area (Å²) in [6.07, 6.45) is 1.90. The molecule has 0 spiro atoms. The second-order valence-corrected chi connectivity index (χ2v) is 10.7. The molecule has 0 unspecified atom stereocenters. The summed E-state index contributed by atoms with van der Waals surface area (Å²) in [6.45, 7) is 6.52. The first-order valence-electron chi connectivity index (χ1n) is 9.38. The highest BCUT2D eigenvalue weighted by Gasteiger charge is 2.31. The van der Waals surface area contributed by atoms with Crippen molar-refractivity contribution in [3.8, 4) is 0 Å². The van der Waals surface area contributed by atoms with Crippen LogP contribution in [-0.2, 0) is 28.4 Å². The van der Waals surface area contributed by atoms with Crippen molar-refractivity contribution in [3.05, 3.63) is 74.8 Å². The van der Waals surface area contributed by atoms with Gasteiger partial charge in [-0.25, -0.2) is 13.4 Å². The minimum Gasteiger partial charge on any atom is -0.269 e. The van der Waals surface area contributed by atoms with Crippen LogP contribution in [0.15, 0.2) is 52.3 Å². The van der Waals surface area contributed by atoms with Crippen molar-refractivity contribution in [2.75, 3.05) is 6.54 Å². The van der Waals surface area contributed by atoms with Gasteiger partial charge in [0, 0.05) is 25.7 Å². The number of halogens is 1. The molecule has 0 aliphatic carbocycles. The van der Waals surface area contributed by atoms with Gasteiger partial charge in [0.15, 0.2) is 0 Å². The molecule has 0 radical (unpaired) electrons. The fraction of sp³-hybridized carbons (Fsp3) is 0.333. The number of benzene rings is 1. The summed E-state index contributed by atoms with van der Waals surface area (Å²) in [7, 11) is -3.71. The Morgan fingerprint density at radius 2 is 1.76 bits per heavy atom. The van der Waals surface area contributed by atoms with Crippen LogP contribution in [0.25, 0.3) is 5.65 Å². The van der Waals surface area contributed by atoms with Crippen LogP contribution >= 0.6 is 11.6 Å². The summed E-state index contributed by atoms with van der Waals surface area (Å²) in [6, 6.07) is 10.3. The van der Waals surface area contributed by atoms with Crippen molar-refractivity contribution >= 4 is 27.3 Å². The average molecular weight is 432 g/mol. The van der Waals surface area contributed by atoms with Gasteiger partial charge in [0.25, 0.3) is 5.56 Å². The van der Waals surface area contributed by atoms with Gasteiger partial charge < -0.3 is 0 Å². The van der Waals surface area contributed by atoms with Crippen molar-refractivity contribution in [2.45, 2.75) is 44.0 Å². The molecule has 6 nitrogen and oxygen atoms in total. The standard InChI is InChI=1S/C21H22ClN3O3S/c1-21(2,3)14-4-7-16(8-5-14)29(27,28)24-11-10-18-17(13-24)20(26)25-12-15(22)6-9-19(25)23-18/h4-9,12H,10-11,13H2,1-3H3. The van der Waals surface area contributed by atoms with E-state index in [4.69, 9.17) is 11.6 Å². The van der Waals surface area contributed by atoms with Crippen molar-refractivity contribution in [1.29, 1.82) is 0 Å². The monoisotopic (exact) mass is 431 g/mol. The third-order valence-corrected chi connectivity index (χ3v) is 7.34. The van der Waals surface area contributed by atoms with E-state index in [1.165, 1.54) is 14.9 Å². The Labute approximate surface area is 174 Å². The molecule has 0 bridgehead atoms. The molecule has 29 heavy (non-hydrogen) atoms. The van der Waals surface area contributed by atoms with E-state index in [0.29, 0.717) is 28.3 Å². The summed E-state index contributed by atoms with van der Waals surface area (Å²) < 4.78 is 29.0. The maximum atomic E-state index is 13.2. The molecule has 1 aromatic carbocycles. The van der Waals surface area contributed by atoms with Gasteiger partial charge in [0.1, 0.15) is 5.65 Å². The van der Waals surface area contributed by atoms with Crippen LogP contribution in [0.1, 0.15) is 37.6 Å². The largest absolute Gasteiger partial charge is 0.269 e. The summed E-state index contributed by atoms with van der Waals surface area (Å²) >= 11 is 6.01. The topological polar surface area (TPSA) is 71.8 Å². The molecule has 1 aliphatic heterocycles. The Hall–Kier alpha value is -2.22. The predicted octanol–water partition coefficient (Wildman–Crippen LogP) is 3.39. The average Bonchev–Trinajstić information content (AvgIpc) is 2.68. The van der Waals surface area contributed by atoms with Crippen LogP contribution in [-0.4, -0.2) is 28.7 Å². The highest BCUT2D eigenvalue weighted by molar-refractivity contribution is 7.89. The molecular formula is C21H22ClN3O3S. The maximum absolute atomic E-state index is 13.2. The Morgan fingerprint density at radius 1 is 1.07 bits per heavy atom. The Morgan fingerprint density at radius 3 is 2.41 bits per heavy atom. The quantitative estimate of drug-likeness (QED) is 0.623.